The molecule has 5 nitrogen and oxygen atoms in total. The molecule has 2 aliphatic rings. The van der Waals surface area contributed by atoms with E-state index in [2.05, 4.69) is 24.5 Å². The van der Waals surface area contributed by atoms with Crippen molar-refractivity contribution in [2.75, 3.05) is 13.1 Å². The van der Waals surface area contributed by atoms with Crippen molar-refractivity contribution in [3.63, 3.8) is 0 Å². The largest absolute Gasteiger partial charge is 0.481 e. The zero-order valence-corrected chi connectivity index (χ0v) is 12.5. The first-order chi connectivity index (χ1) is 9.35. The van der Waals surface area contributed by atoms with Gasteiger partial charge in [0, 0.05) is 6.54 Å². The molecule has 1 aliphatic carbocycles. The summed E-state index contributed by atoms with van der Waals surface area (Å²) >= 11 is 0. The second-order valence-corrected chi connectivity index (χ2v) is 7.12. The minimum absolute atomic E-state index is 0.0198. The standard InChI is InChI=1S/C15H26N2O3/c1-14(2)5-4-8-16-12(14)13(20)17-10-15(6-3-7-15)9-11(18)19/h12,16H,3-10H2,1-2H3,(H,17,20)(H,18,19). The van der Waals surface area contributed by atoms with Crippen LogP contribution in [0, 0.1) is 10.8 Å². The van der Waals surface area contributed by atoms with E-state index >= 15 is 0 Å². The summed E-state index contributed by atoms with van der Waals surface area (Å²) in [6.07, 6.45) is 5.17. The zero-order chi connectivity index (χ0) is 14.8. The van der Waals surface area contributed by atoms with E-state index in [1.165, 1.54) is 0 Å². The van der Waals surface area contributed by atoms with E-state index < -0.39 is 5.97 Å². The summed E-state index contributed by atoms with van der Waals surface area (Å²) in [5.74, 6) is -0.749. The van der Waals surface area contributed by atoms with Gasteiger partial charge in [-0.2, -0.15) is 0 Å². The van der Waals surface area contributed by atoms with Gasteiger partial charge in [-0.05, 0) is 43.1 Å². The fraction of sp³-hybridized carbons (Fsp3) is 0.867. The van der Waals surface area contributed by atoms with Gasteiger partial charge >= 0.3 is 5.97 Å². The molecule has 20 heavy (non-hydrogen) atoms. The van der Waals surface area contributed by atoms with Crippen LogP contribution in [-0.2, 0) is 9.59 Å². The first-order valence-corrected chi connectivity index (χ1v) is 7.58. The lowest BCUT2D eigenvalue weighted by molar-refractivity contribution is -0.142. The number of rotatable bonds is 5. The first-order valence-electron chi connectivity index (χ1n) is 7.58. The van der Waals surface area contributed by atoms with Gasteiger partial charge in [0.15, 0.2) is 0 Å². The number of amides is 1. The molecule has 0 aromatic heterocycles. The van der Waals surface area contributed by atoms with Crippen LogP contribution in [0.5, 0.6) is 0 Å². The number of nitrogens with one attached hydrogen (secondary N) is 2. The minimum atomic E-state index is -0.768. The third kappa shape index (κ3) is 3.32. The van der Waals surface area contributed by atoms with Crippen LogP contribution in [0.1, 0.15) is 52.4 Å². The van der Waals surface area contributed by atoms with Gasteiger partial charge < -0.3 is 15.7 Å². The van der Waals surface area contributed by atoms with Crippen LogP contribution in [0.3, 0.4) is 0 Å². The Balaban J connectivity index is 1.89. The van der Waals surface area contributed by atoms with Crippen molar-refractivity contribution in [3.05, 3.63) is 0 Å². The predicted octanol–water partition coefficient (Wildman–Crippen LogP) is 1.53. The van der Waals surface area contributed by atoms with Crippen LogP contribution in [0.25, 0.3) is 0 Å². The van der Waals surface area contributed by atoms with E-state index in [1.807, 2.05) is 0 Å². The third-order valence-electron chi connectivity index (χ3n) is 4.97. The quantitative estimate of drug-likeness (QED) is 0.714. The highest BCUT2D eigenvalue weighted by atomic mass is 16.4. The van der Waals surface area contributed by atoms with Crippen LogP contribution < -0.4 is 10.6 Å². The molecule has 0 spiro atoms. The lowest BCUT2D eigenvalue weighted by Crippen LogP contribution is -2.57. The Bertz CT molecular complexity index is 389. The number of hydrogen-bond donors (Lipinski definition) is 3. The Kier molecular flexibility index (Phi) is 4.37. The SMILES string of the molecule is CC1(C)CCCNC1C(=O)NCC1(CC(=O)O)CCC1. The monoisotopic (exact) mass is 282 g/mol. The van der Waals surface area contributed by atoms with Crippen molar-refractivity contribution in [1.82, 2.24) is 10.6 Å². The average Bonchev–Trinajstić information content (AvgIpc) is 2.31. The normalized spacial score (nSPS) is 27.4. The number of hydrogen-bond acceptors (Lipinski definition) is 3. The summed E-state index contributed by atoms with van der Waals surface area (Å²) in [5, 5.41) is 15.3. The highest BCUT2D eigenvalue weighted by molar-refractivity contribution is 5.83. The van der Waals surface area contributed by atoms with Gasteiger partial charge in [-0.25, -0.2) is 0 Å². The van der Waals surface area contributed by atoms with Crippen molar-refractivity contribution >= 4 is 11.9 Å². The van der Waals surface area contributed by atoms with Crippen LogP contribution in [-0.4, -0.2) is 36.1 Å². The Labute approximate surface area is 120 Å². The average molecular weight is 282 g/mol. The molecular formula is C15H26N2O3. The molecule has 5 heteroatoms. The van der Waals surface area contributed by atoms with Gasteiger partial charge in [0.1, 0.15) is 0 Å². The molecule has 114 valence electrons. The predicted molar refractivity (Wildman–Crippen MR) is 76.4 cm³/mol. The lowest BCUT2D eigenvalue weighted by Gasteiger charge is -2.42. The maximum atomic E-state index is 12.4. The number of carboxylic acids is 1. The van der Waals surface area contributed by atoms with E-state index in [9.17, 15) is 9.59 Å². The Morgan fingerprint density at radius 2 is 1.95 bits per heavy atom. The molecule has 1 atom stereocenters. The van der Waals surface area contributed by atoms with Gasteiger partial charge in [0.25, 0.3) is 0 Å². The molecule has 2 rings (SSSR count). The van der Waals surface area contributed by atoms with Crippen LogP contribution in [0.4, 0.5) is 0 Å². The fourth-order valence-corrected chi connectivity index (χ4v) is 3.45. The van der Waals surface area contributed by atoms with Crippen LogP contribution >= 0.6 is 0 Å². The van der Waals surface area contributed by atoms with Gasteiger partial charge in [-0.1, -0.05) is 20.3 Å². The molecule has 0 radical (unpaired) electrons. The number of piperidine rings is 1. The summed E-state index contributed by atoms with van der Waals surface area (Å²) in [5.41, 5.74) is -0.248. The third-order valence-corrected chi connectivity index (χ3v) is 4.97. The summed E-state index contributed by atoms with van der Waals surface area (Å²) in [6, 6.07) is -0.168. The number of aliphatic carboxylic acids is 1. The number of carbonyl (C=O) groups excluding carboxylic acids is 1. The first kappa shape index (κ1) is 15.3. The summed E-state index contributed by atoms with van der Waals surface area (Å²) in [6.45, 7) is 5.59. The molecular weight excluding hydrogens is 256 g/mol. The molecule has 2 fully saturated rings. The minimum Gasteiger partial charge on any atom is -0.481 e. The van der Waals surface area contributed by atoms with Crippen molar-refractivity contribution in [2.45, 2.75) is 58.4 Å². The molecule has 1 amide bonds. The van der Waals surface area contributed by atoms with Crippen molar-refractivity contribution in [2.24, 2.45) is 10.8 Å². The molecule has 1 saturated carbocycles. The lowest BCUT2D eigenvalue weighted by atomic mass is 9.66. The second kappa shape index (κ2) is 5.72. The van der Waals surface area contributed by atoms with Crippen molar-refractivity contribution in [1.29, 1.82) is 0 Å². The molecule has 1 heterocycles. The fourth-order valence-electron chi connectivity index (χ4n) is 3.45. The second-order valence-electron chi connectivity index (χ2n) is 7.12. The van der Waals surface area contributed by atoms with E-state index in [0.29, 0.717) is 6.54 Å². The molecule has 0 bridgehead atoms. The highest BCUT2D eigenvalue weighted by Crippen LogP contribution is 2.43. The summed E-state index contributed by atoms with van der Waals surface area (Å²) in [7, 11) is 0. The number of carbonyl (C=O) groups is 2. The smallest absolute Gasteiger partial charge is 0.303 e. The van der Waals surface area contributed by atoms with Crippen molar-refractivity contribution in [3.8, 4) is 0 Å². The molecule has 1 saturated heterocycles. The molecule has 0 aromatic rings. The van der Waals surface area contributed by atoms with Crippen LogP contribution in [0.15, 0.2) is 0 Å². The Hall–Kier alpha value is -1.10. The molecule has 1 aliphatic heterocycles. The molecule has 3 N–H and O–H groups in total. The van der Waals surface area contributed by atoms with Gasteiger partial charge in [0.2, 0.25) is 5.91 Å². The van der Waals surface area contributed by atoms with E-state index in [4.69, 9.17) is 5.11 Å². The summed E-state index contributed by atoms with van der Waals surface area (Å²) < 4.78 is 0. The van der Waals surface area contributed by atoms with Gasteiger partial charge in [-0.15, -0.1) is 0 Å². The maximum Gasteiger partial charge on any atom is 0.303 e. The summed E-state index contributed by atoms with van der Waals surface area (Å²) in [4.78, 5) is 23.3. The van der Waals surface area contributed by atoms with E-state index in [0.717, 1.165) is 38.6 Å². The van der Waals surface area contributed by atoms with E-state index in [-0.39, 0.29) is 29.2 Å². The Morgan fingerprint density at radius 3 is 2.45 bits per heavy atom. The number of carboxylic acid groups (broad SMARTS) is 1. The van der Waals surface area contributed by atoms with Crippen LogP contribution in [0.2, 0.25) is 0 Å². The molecule has 0 aromatic carbocycles. The highest BCUT2D eigenvalue weighted by Gasteiger charge is 2.41. The van der Waals surface area contributed by atoms with Gasteiger partial charge in [-0.3, -0.25) is 9.59 Å². The topological polar surface area (TPSA) is 78.4 Å². The Morgan fingerprint density at radius 1 is 1.25 bits per heavy atom. The maximum absolute atomic E-state index is 12.4. The zero-order valence-electron chi connectivity index (χ0n) is 12.5. The van der Waals surface area contributed by atoms with Gasteiger partial charge in [0.05, 0.1) is 12.5 Å². The van der Waals surface area contributed by atoms with E-state index in [1.54, 1.807) is 0 Å². The van der Waals surface area contributed by atoms with Crippen molar-refractivity contribution < 1.29 is 14.7 Å². The molecule has 1 unspecified atom stereocenters.